The third-order valence-electron chi connectivity index (χ3n) is 5.24. The molecule has 0 atom stereocenters. The average molecular weight is 353 g/mol. The number of anilines is 2. The molecule has 2 N–H and O–H groups in total. The smallest absolute Gasteiger partial charge is 0.177 e. The molecule has 7 heteroatoms. The molecule has 0 spiro atoms. The second-order valence-corrected chi connectivity index (χ2v) is 9.04. The summed E-state index contributed by atoms with van der Waals surface area (Å²) in [7, 11) is -1.11. The van der Waals surface area contributed by atoms with Crippen LogP contribution in [0.2, 0.25) is 0 Å². The van der Waals surface area contributed by atoms with Gasteiger partial charge in [0.1, 0.15) is 0 Å². The fraction of sp³-hybridized carbons (Fsp3) is 0.647. The van der Waals surface area contributed by atoms with Gasteiger partial charge in [0.2, 0.25) is 0 Å². The lowest BCUT2D eigenvalue weighted by atomic mass is 10.0. The molecule has 134 valence electrons. The fourth-order valence-electron chi connectivity index (χ4n) is 3.75. The van der Waals surface area contributed by atoms with E-state index in [1.165, 1.54) is 6.26 Å². The van der Waals surface area contributed by atoms with E-state index in [1.807, 2.05) is 6.07 Å². The van der Waals surface area contributed by atoms with Gasteiger partial charge in [0.25, 0.3) is 0 Å². The Balaban J connectivity index is 1.69. The molecule has 0 unspecified atom stereocenters. The highest BCUT2D eigenvalue weighted by atomic mass is 32.2. The summed E-state index contributed by atoms with van der Waals surface area (Å²) in [5, 5.41) is 0. The molecule has 6 nitrogen and oxygen atoms in total. The molecule has 2 heterocycles. The van der Waals surface area contributed by atoms with E-state index in [4.69, 9.17) is 5.73 Å². The minimum Gasteiger partial charge on any atom is -0.399 e. The molecule has 3 rings (SSSR count). The van der Waals surface area contributed by atoms with Gasteiger partial charge in [0, 0.05) is 57.3 Å². The highest BCUT2D eigenvalue weighted by Crippen LogP contribution is 2.30. The number of likely N-dealkylation sites (N-methyl/N-ethyl adjacent to an activating group) is 1. The summed E-state index contributed by atoms with van der Waals surface area (Å²) in [6.45, 7) is 6.33. The zero-order chi connectivity index (χ0) is 17.3. The van der Waals surface area contributed by atoms with Crippen molar-refractivity contribution < 1.29 is 8.42 Å². The maximum absolute atomic E-state index is 12.1. The maximum atomic E-state index is 12.1. The van der Waals surface area contributed by atoms with Crippen molar-refractivity contribution in [2.75, 3.05) is 63.2 Å². The first kappa shape index (κ1) is 17.5. The van der Waals surface area contributed by atoms with Gasteiger partial charge in [0.05, 0.1) is 10.6 Å². The van der Waals surface area contributed by atoms with E-state index in [0.717, 1.165) is 57.8 Å². The number of piperidine rings is 1. The predicted molar refractivity (Wildman–Crippen MR) is 98.3 cm³/mol. The van der Waals surface area contributed by atoms with Crippen LogP contribution in [0.5, 0.6) is 0 Å². The molecule has 2 aliphatic rings. The molecule has 0 aliphatic carbocycles. The third kappa shape index (κ3) is 3.84. The van der Waals surface area contributed by atoms with Crippen molar-refractivity contribution in [3.8, 4) is 0 Å². The lowest BCUT2D eigenvalue weighted by Gasteiger charge is -2.42. The SMILES string of the molecule is CN1CCN(C2CCN(c3ccc(N)cc3S(C)(=O)=O)CC2)CC1. The molecule has 0 radical (unpaired) electrons. The molecule has 2 saturated heterocycles. The van der Waals surface area contributed by atoms with Gasteiger partial charge in [-0.25, -0.2) is 8.42 Å². The predicted octanol–water partition coefficient (Wildman–Crippen LogP) is 0.889. The Morgan fingerprint density at radius 3 is 2.25 bits per heavy atom. The summed E-state index contributed by atoms with van der Waals surface area (Å²) in [4.78, 5) is 7.51. The molecule has 1 aromatic rings. The van der Waals surface area contributed by atoms with Crippen molar-refractivity contribution in [3.05, 3.63) is 18.2 Å². The van der Waals surface area contributed by atoms with Crippen molar-refractivity contribution in [2.24, 2.45) is 0 Å². The Labute approximate surface area is 145 Å². The lowest BCUT2D eigenvalue weighted by molar-refractivity contribution is 0.0981. The summed E-state index contributed by atoms with van der Waals surface area (Å²) in [6.07, 6.45) is 3.41. The highest BCUT2D eigenvalue weighted by molar-refractivity contribution is 7.90. The summed E-state index contributed by atoms with van der Waals surface area (Å²) >= 11 is 0. The number of nitrogens with two attached hydrogens (primary N) is 1. The second kappa shape index (κ2) is 6.90. The van der Waals surface area contributed by atoms with Gasteiger partial charge in [-0.1, -0.05) is 0 Å². The zero-order valence-electron chi connectivity index (χ0n) is 14.6. The van der Waals surface area contributed by atoms with Crippen LogP contribution in [-0.4, -0.2) is 76.8 Å². The van der Waals surface area contributed by atoms with Gasteiger partial charge in [-0.05, 0) is 38.1 Å². The van der Waals surface area contributed by atoms with Crippen molar-refractivity contribution >= 4 is 21.2 Å². The number of benzene rings is 1. The number of nitrogen functional groups attached to an aromatic ring is 1. The molecule has 0 aromatic heterocycles. The van der Waals surface area contributed by atoms with Crippen LogP contribution in [0, 0.1) is 0 Å². The zero-order valence-corrected chi connectivity index (χ0v) is 15.4. The van der Waals surface area contributed by atoms with Crippen LogP contribution >= 0.6 is 0 Å². The van der Waals surface area contributed by atoms with E-state index in [0.29, 0.717) is 16.6 Å². The van der Waals surface area contributed by atoms with Crippen LogP contribution in [0.15, 0.2) is 23.1 Å². The van der Waals surface area contributed by atoms with Crippen LogP contribution in [0.3, 0.4) is 0 Å². The van der Waals surface area contributed by atoms with Crippen molar-refractivity contribution in [1.29, 1.82) is 0 Å². The van der Waals surface area contributed by atoms with Gasteiger partial charge < -0.3 is 15.5 Å². The summed E-state index contributed by atoms with van der Waals surface area (Å²) in [5.74, 6) is 0. The Bertz CT molecular complexity index is 676. The fourth-order valence-corrected chi connectivity index (χ4v) is 4.68. The Kier molecular flexibility index (Phi) is 5.03. The van der Waals surface area contributed by atoms with Gasteiger partial charge in [-0.2, -0.15) is 0 Å². The largest absolute Gasteiger partial charge is 0.399 e. The van der Waals surface area contributed by atoms with Crippen molar-refractivity contribution in [2.45, 2.75) is 23.8 Å². The van der Waals surface area contributed by atoms with Crippen LogP contribution in [-0.2, 0) is 9.84 Å². The van der Waals surface area contributed by atoms with Crippen LogP contribution in [0.1, 0.15) is 12.8 Å². The van der Waals surface area contributed by atoms with E-state index in [2.05, 4.69) is 21.7 Å². The first-order valence-corrected chi connectivity index (χ1v) is 10.5. The number of rotatable bonds is 3. The van der Waals surface area contributed by atoms with E-state index < -0.39 is 9.84 Å². The Morgan fingerprint density at radius 1 is 1.04 bits per heavy atom. The monoisotopic (exact) mass is 352 g/mol. The quantitative estimate of drug-likeness (QED) is 0.815. The topological polar surface area (TPSA) is 69.9 Å². The summed E-state index contributed by atoms with van der Waals surface area (Å²) < 4.78 is 24.2. The molecule has 0 bridgehead atoms. The van der Waals surface area contributed by atoms with Gasteiger partial charge >= 0.3 is 0 Å². The normalized spacial score (nSPS) is 22.0. The van der Waals surface area contributed by atoms with E-state index in [9.17, 15) is 8.42 Å². The maximum Gasteiger partial charge on any atom is 0.177 e. The number of sulfone groups is 1. The van der Waals surface area contributed by atoms with Crippen LogP contribution in [0.4, 0.5) is 11.4 Å². The molecule has 0 amide bonds. The first-order valence-electron chi connectivity index (χ1n) is 8.62. The number of hydrogen-bond acceptors (Lipinski definition) is 6. The van der Waals surface area contributed by atoms with Crippen molar-refractivity contribution in [1.82, 2.24) is 9.80 Å². The van der Waals surface area contributed by atoms with E-state index in [-0.39, 0.29) is 0 Å². The molecular weight excluding hydrogens is 324 g/mol. The Morgan fingerprint density at radius 2 is 1.67 bits per heavy atom. The minimum atomic E-state index is -3.28. The highest BCUT2D eigenvalue weighted by Gasteiger charge is 2.28. The van der Waals surface area contributed by atoms with Gasteiger partial charge in [0.15, 0.2) is 9.84 Å². The molecule has 24 heavy (non-hydrogen) atoms. The minimum absolute atomic E-state index is 0.348. The van der Waals surface area contributed by atoms with Crippen LogP contribution in [0.25, 0.3) is 0 Å². The Hall–Kier alpha value is -1.31. The average Bonchev–Trinajstić information content (AvgIpc) is 2.55. The molecule has 1 aromatic carbocycles. The molecule has 2 fully saturated rings. The van der Waals surface area contributed by atoms with Gasteiger partial charge in [-0.15, -0.1) is 0 Å². The number of nitrogens with zero attached hydrogens (tertiary/aromatic N) is 3. The summed E-state index contributed by atoms with van der Waals surface area (Å²) in [6, 6.07) is 5.83. The number of piperazine rings is 1. The third-order valence-corrected chi connectivity index (χ3v) is 6.37. The van der Waals surface area contributed by atoms with E-state index in [1.54, 1.807) is 12.1 Å². The van der Waals surface area contributed by atoms with Crippen molar-refractivity contribution in [3.63, 3.8) is 0 Å². The molecule has 0 saturated carbocycles. The number of hydrogen-bond donors (Lipinski definition) is 1. The lowest BCUT2D eigenvalue weighted by Crippen LogP contribution is -2.52. The first-order chi connectivity index (χ1) is 11.3. The standard InChI is InChI=1S/C17H28N4O2S/c1-19-9-11-20(12-10-19)15-5-7-21(8-6-15)16-4-3-14(18)13-17(16)24(2,22)23/h3-4,13,15H,5-12,18H2,1-2H3. The molecular formula is C17H28N4O2S. The second-order valence-electron chi connectivity index (χ2n) is 7.06. The summed E-state index contributed by atoms with van der Waals surface area (Å²) in [5.41, 5.74) is 7.08. The van der Waals surface area contributed by atoms with Gasteiger partial charge in [-0.3, -0.25) is 4.90 Å². The van der Waals surface area contributed by atoms with Crippen LogP contribution < -0.4 is 10.6 Å². The molecule has 2 aliphatic heterocycles. The van der Waals surface area contributed by atoms with E-state index >= 15 is 0 Å².